The van der Waals surface area contributed by atoms with Crippen molar-refractivity contribution in [3.63, 3.8) is 0 Å². The van der Waals surface area contributed by atoms with Crippen LogP contribution in [0, 0.1) is 0 Å². The molecule has 1 amide bonds. The molecule has 0 saturated heterocycles. The first kappa shape index (κ1) is 15.7. The lowest BCUT2D eigenvalue weighted by molar-refractivity contribution is 0.150. The van der Waals surface area contributed by atoms with E-state index >= 15 is 0 Å². The molecule has 0 aromatic heterocycles. The molecule has 0 heterocycles. The van der Waals surface area contributed by atoms with Gasteiger partial charge in [0.15, 0.2) is 0 Å². The summed E-state index contributed by atoms with van der Waals surface area (Å²) in [6.45, 7) is 2.88. The molecule has 0 aliphatic rings. The van der Waals surface area contributed by atoms with Gasteiger partial charge in [0.2, 0.25) is 0 Å². The zero-order chi connectivity index (χ0) is 15.6. The third-order valence-electron chi connectivity index (χ3n) is 2.72. The fourth-order valence-corrected chi connectivity index (χ4v) is 1.73. The smallest absolute Gasteiger partial charge is 0.407 e. The maximum atomic E-state index is 11.1. The second-order valence-corrected chi connectivity index (χ2v) is 4.38. The summed E-state index contributed by atoms with van der Waals surface area (Å²) in [7, 11) is 0. The van der Waals surface area contributed by atoms with Crippen molar-refractivity contribution in [3.05, 3.63) is 54.6 Å². The van der Waals surface area contributed by atoms with Gasteiger partial charge in [-0.2, -0.15) is 0 Å². The van der Waals surface area contributed by atoms with E-state index in [-0.39, 0.29) is 0 Å². The average molecular weight is 307 g/mol. The van der Waals surface area contributed by atoms with Gasteiger partial charge in [-0.1, -0.05) is 18.2 Å². The Morgan fingerprint density at radius 1 is 0.955 bits per heavy atom. The molecule has 0 aliphatic carbocycles. The number of hydrogen-bond donors (Lipinski definition) is 1. The van der Waals surface area contributed by atoms with Crippen LogP contribution in [0.2, 0.25) is 0 Å². The number of ether oxygens (including phenoxy) is 3. The number of carbonyl (C=O) groups is 1. The summed E-state index contributed by atoms with van der Waals surface area (Å²) >= 11 is 0. The average Bonchev–Trinajstić information content (AvgIpc) is 2.54. The highest BCUT2D eigenvalue weighted by atomic mass is 16.6. The summed E-state index contributed by atoms with van der Waals surface area (Å²) in [6, 6.07) is 16.9. The molecule has 2 rings (SSSR count). The summed E-state index contributed by atoms with van der Waals surface area (Å²) in [5.41, 5.74) is 0. The molecule has 2 aromatic carbocycles. The molecule has 116 valence electrons. The molecule has 5 nitrogen and oxygen atoms in total. The largest absolute Gasteiger partial charge is 0.492 e. The van der Waals surface area contributed by atoms with Gasteiger partial charge in [0.05, 0.1) is 13.2 Å². The molecule has 0 saturated carbocycles. The van der Waals surface area contributed by atoms with Crippen molar-refractivity contribution in [2.45, 2.75) is 6.92 Å². The Labute approximate surface area is 129 Å². The van der Waals surface area contributed by atoms with E-state index < -0.39 is 6.09 Å². The van der Waals surface area contributed by atoms with E-state index in [1.165, 1.54) is 0 Å². The third-order valence-corrected chi connectivity index (χ3v) is 2.72. The fourth-order valence-electron chi connectivity index (χ4n) is 1.73. The van der Waals surface area contributed by atoms with Gasteiger partial charge in [-0.15, -0.1) is 0 Å². The van der Waals surface area contributed by atoms with Gasteiger partial charge >= 0.3 is 6.09 Å². The highest BCUT2D eigenvalue weighted by molar-refractivity contribution is 5.66. The van der Waals surface area contributed by atoms with Crippen molar-refractivity contribution in [2.75, 3.05) is 19.8 Å². The first-order valence-corrected chi connectivity index (χ1v) is 7.14. The molecule has 0 aliphatic heterocycles. The Balaban J connectivity index is 1.74. The number of hydrogen-bond acceptors (Lipinski definition) is 4. The monoisotopic (exact) mass is 307 g/mol. The van der Waals surface area contributed by atoms with Gasteiger partial charge in [0, 0.05) is 0 Å². The van der Waals surface area contributed by atoms with Crippen molar-refractivity contribution < 1.29 is 19.0 Å². The van der Waals surface area contributed by atoms with Crippen LogP contribution in [0.1, 0.15) is 6.92 Å². The van der Waals surface area contributed by atoms with E-state index in [0.29, 0.717) is 25.5 Å². The standard InChI is InChI=1S/C17H19NO4/c1-2-20-17(19)18-12-13-21-14-8-10-16(11-9-14)22-15-6-4-3-5-7-15/h3-11H,2,12-13H2,1H3,(H,18,19)/i3+1,4+1,5+1,6+1,7+1,15+1. The molecule has 0 unspecified atom stereocenters. The molecule has 2 aromatic rings. The van der Waals surface area contributed by atoms with E-state index in [0.717, 1.165) is 11.5 Å². The maximum absolute atomic E-state index is 11.1. The third kappa shape index (κ3) is 5.36. The van der Waals surface area contributed by atoms with Crippen LogP contribution in [0.15, 0.2) is 54.6 Å². The zero-order valence-electron chi connectivity index (χ0n) is 12.5. The number of benzene rings is 2. The lowest BCUT2D eigenvalue weighted by atomic mass is 10.3. The minimum absolute atomic E-state index is 0.357. The van der Waals surface area contributed by atoms with Crippen molar-refractivity contribution in [1.29, 1.82) is 0 Å². The Hall–Kier alpha value is -2.69. The Bertz CT molecular complexity index is 569. The van der Waals surface area contributed by atoms with E-state index in [2.05, 4.69) is 5.32 Å². The van der Waals surface area contributed by atoms with Crippen molar-refractivity contribution in [1.82, 2.24) is 5.32 Å². The Morgan fingerprint density at radius 2 is 1.59 bits per heavy atom. The van der Waals surface area contributed by atoms with Crippen molar-refractivity contribution in [2.24, 2.45) is 0 Å². The van der Waals surface area contributed by atoms with E-state index in [1.807, 2.05) is 54.6 Å². The number of rotatable bonds is 7. The molecule has 0 bridgehead atoms. The summed E-state index contributed by atoms with van der Waals surface area (Å²) in [5, 5.41) is 2.59. The predicted molar refractivity (Wildman–Crippen MR) is 83.5 cm³/mol. The van der Waals surface area contributed by atoms with Gasteiger partial charge in [-0.05, 0) is 43.3 Å². The molecule has 1 N–H and O–H groups in total. The highest BCUT2D eigenvalue weighted by Gasteiger charge is 2.00. The van der Waals surface area contributed by atoms with Gasteiger partial charge in [0.25, 0.3) is 0 Å². The van der Waals surface area contributed by atoms with Crippen LogP contribution < -0.4 is 14.8 Å². The molecule has 0 fully saturated rings. The molecule has 0 spiro atoms. The van der Waals surface area contributed by atoms with Gasteiger partial charge in [-0.25, -0.2) is 4.79 Å². The van der Waals surface area contributed by atoms with Crippen molar-refractivity contribution in [3.8, 4) is 17.2 Å². The zero-order valence-corrected chi connectivity index (χ0v) is 12.5. The summed E-state index contributed by atoms with van der Waals surface area (Å²) in [4.78, 5) is 11.1. The van der Waals surface area contributed by atoms with Crippen LogP contribution in [-0.2, 0) is 4.74 Å². The lowest BCUT2D eigenvalue weighted by Crippen LogP contribution is -2.28. The molecule has 5 heteroatoms. The van der Waals surface area contributed by atoms with E-state index in [4.69, 9.17) is 14.2 Å². The van der Waals surface area contributed by atoms with Crippen molar-refractivity contribution >= 4 is 6.09 Å². The van der Waals surface area contributed by atoms with Crippen LogP contribution in [0.3, 0.4) is 0 Å². The first-order chi connectivity index (χ1) is 10.8. The van der Waals surface area contributed by atoms with Crippen LogP contribution in [0.5, 0.6) is 17.2 Å². The summed E-state index contributed by atoms with van der Waals surface area (Å²) < 4.78 is 15.9. The number of amides is 1. The van der Waals surface area contributed by atoms with Crippen LogP contribution in [0.25, 0.3) is 0 Å². The second-order valence-electron chi connectivity index (χ2n) is 4.38. The lowest BCUT2D eigenvalue weighted by Gasteiger charge is -2.09. The molecular formula is C17H19NO4. The number of para-hydroxylation sites is 1. The van der Waals surface area contributed by atoms with Gasteiger partial charge in [-0.3, -0.25) is 0 Å². The van der Waals surface area contributed by atoms with Crippen LogP contribution >= 0.6 is 0 Å². The predicted octanol–water partition coefficient (Wildman–Crippen LogP) is 3.60. The topological polar surface area (TPSA) is 56.8 Å². The van der Waals surface area contributed by atoms with Crippen LogP contribution in [0.4, 0.5) is 4.79 Å². The normalized spacial score (nSPS) is 9.86. The van der Waals surface area contributed by atoms with E-state index in [1.54, 1.807) is 6.92 Å². The maximum Gasteiger partial charge on any atom is 0.407 e. The number of alkyl carbamates (subject to hydrolysis) is 1. The highest BCUT2D eigenvalue weighted by Crippen LogP contribution is 2.23. The Morgan fingerprint density at radius 3 is 2.27 bits per heavy atom. The molecular weight excluding hydrogens is 288 g/mol. The first-order valence-electron chi connectivity index (χ1n) is 7.14. The summed E-state index contributed by atoms with van der Waals surface area (Å²) in [5.74, 6) is 2.24. The molecule has 22 heavy (non-hydrogen) atoms. The van der Waals surface area contributed by atoms with E-state index in [9.17, 15) is 4.79 Å². The minimum atomic E-state index is -0.433. The van der Waals surface area contributed by atoms with Crippen LogP contribution in [-0.4, -0.2) is 25.9 Å². The SMILES string of the molecule is CCOC(=O)NCCOc1ccc(O[13c]2[13cH][13cH][13cH][13cH][13cH]2)cc1. The molecule has 0 radical (unpaired) electrons. The fraction of sp³-hybridized carbons (Fsp3) is 0.235. The molecule has 0 atom stereocenters. The van der Waals surface area contributed by atoms with Gasteiger partial charge < -0.3 is 19.5 Å². The summed E-state index contributed by atoms with van der Waals surface area (Å²) in [6.07, 6.45) is -0.433. The number of nitrogens with one attached hydrogen (secondary N) is 1. The number of carbonyl (C=O) groups excluding carboxylic acids is 1. The second kappa shape index (κ2) is 8.56. The van der Waals surface area contributed by atoms with Gasteiger partial charge in [0.1, 0.15) is 23.9 Å². The Kier molecular flexibility index (Phi) is 6.11. The minimum Gasteiger partial charge on any atom is -0.492 e. The quantitative estimate of drug-likeness (QED) is 0.794.